The molecule has 1 aliphatic rings. The van der Waals surface area contributed by atoms with Gasteiger partial charge < -0.3 is 10.2 Å². The number of nitro groups is 1. The highest BCUT2D eigenvalue weighted by Crippen LogP contribution is 2.38. The second kappa shape index (κ2) is 8.32. The number of aliphatic carboxylic acids is 2. The minimum Gasteiger partial charge on any atom is -0.481 e. The van der Waals surface area contributed by atoms with E-state index in [-0.39, 0.29) is 23.4 Å². The molecule has 1 aliphatic carbocycles. The lowest BCUT2D eigenvalue weighted by molar-refractivity contribution is -0.384. The predicted octanol–water partition coefficient (Wildman–Crippen LogP) is 2.31. The summed E-state index contributed by atoms with van der Waals surface area (Å²) in [6, 6.07) is 7.93. The number of nitrogens with zero attached hydrogens (tertiary/aromatic N) is 2. The first-order valence-corrected chi connectivity index (χ1v) is 6.87. The molecule has 2 N–H and O–H groups in total. The third kappa shape index (κ3) is 4.95. The average Bonchev–Trinajstić information content (AvgIpc) is 2.58. The normalized spacial score (nSPS) is 18.4. The quantitative estimate of drug-likeness (QED) is 0.368. The first-order valence-electron chi connectivity index (χ1n) is 6.87. The number of hydrogen-bond donors (Lipinski definition) is 2. The largest absolute Gasteiger partial charge is 0.481 e. The SMILES string of the molecule is CC1(C(=O)O)CC(C(=O)O)=CC=C1N=C=O.O=[N+]([O-])c1ccccc1. The maximum atomic E-state index is 11.1. The summed E-state index contributed by atoms with van der Waals surface area (Å²) in [5.41, 5.74) is -1.40. The molecule has 25 heavy (non-hydrogen) atoms. The number of nitro benzene ring substituents is 1. The number of carbonyl (C=O) groups excluding carboxylic acids is 1. The Morgan fingerprint density at radius 1 is 1.24 bits per heavy atom. The molecule has 0 aliphatic heterocycles. The van der Waals surface area contributed by atoms with E-state index in [1.807, 2.05) is 0 Å². The molecule has 1 atom stereocenters. The van der Waals surface area contributed by atoms with Gasteiger partial charge in [0.25, 0.3) is 5.69 Å². The minimum atomic E-state index is -1.50. The number of isocyanates is 1. The molecule has 130 valence electrons. The average molecular weight is 346 g/mol. The van der Waals surface area contributed by atoms with Crippen molar-refractivity contribution >= 4 is 23.7 Å². The lowest BCUT2D eigenvalue weighted by Crippen LogP contribution is -2.32. The van der Waals surface area contributed by atoms with Gasteiger partial charge in [-0.1, -0.05) is 18.2 Å². The topological polar surface area (TPSA) is 147 Å². The molecule has 0 bridgehead atoms. The van der Waals surface area contributed by atoms with E-state index in [0.29, 0.717) is 0 Å². The number of allylic oxidation sites excluding steroid dienone is 2. The first kappa shape index (κ1) is 19.5. The van der Waals surface area contributed by atoms with Crippen LogP contribution in [0.5, 0.6) is 0 Å². The summed E-state index contributed by atoms with van der Waals surface area (Å²) in [4.78, 5) is 44.8. The van der Waals surface area contributed by atoms with Gasteiger partial charge >= 0.3 is 11.9 Å². The molecular weight excluding hydrogens is 332 g/mol. The number of carboxylic acids is 2. The van der Waals surface area contributed by atoms with Gasteiger partial charge in [-0.3, -0.25) is 14.9 Å². The van der Waals surface area contributed by atoms with Gasteiger partial charge in [0.2, 0.25) is 6.08 Å². The number of aliphatic imine (C=N–C) groups is 1. The van der Waals surface area contributed by atoms with Crippen molar-refractivity contribution in [2.45, 2.75) is 13.3 Å². The molecule has 0 amide bonds. The van der Waals surface area contributed by atoms with Gasteiger partial charge in [0.15, 0.2) is 0 Å². The summed E-state index contributed by atoms with van der Waals surface area (Å²) in [6.45, 7) is 1.32. The van der Waals surface area contributed by atoms with E-state index in [4.69, 9.17) is 10.2 Å². The molecular formula is C16H14N2O7. The van der Waals surface area contributed by atoms with E-state index in [0.717, 1.165) is 0 Å². The fourth-order valence-electron chi connectivity index (χ4n) is 1.99. The standard InChI is InChI=1S/C10H9NO5.C6H5NO2/c1-10(9(15)16)4-6(8(13)14)2-3-7(10)11-5-12;8-7(9)6-4-2-1-3-5-6/h2-3H,4H2,1H3,(H,13,14)(H,15,16);1-5H. The lowest BCUT2D eigenvalue weighted by Gasteiger charge is -2.27. The van der Waals surface area contributed by atoms with Crippen LogP contribution >= 0.6 is 0 Å². The van der Waals surface area contributed by atoms with Crippen LogP contribution in [0.3, 0.4) is 0 Å². The van der Waals surface area contributed by atoms with Crippen LogP contribution in [0.4, 0.5) is 5.69 Å². The van der Waals surface area contributed by atoms with Crippen LogP contribution in [0.1, 0.15) is 13.3 Å². The van der Waals surface area contributed by atoms with Gasteiger partial charge in [-0.15, -0.1) is 0 Å². The van der Waals surface area contributed by atoms with Crippen molar-refractivity contribution in [3.8, 4) is 0 Å². The fraction of sp³-hybridized carbons (Fsp3) is 0.188. The molecule has 2 rings (SSSR count). The number of benzene rings is 1. The van der Waals surface area contributed by atoms with Crippen LogP contribution in [0.15, 0.2) is 58.7 Å². The van der Waals surface area contributed by atoms with Crippen LogP contribution in [0.25, 0.3) is 0 Å². The van der Waals surface area contributed by atoms with Crippen molar-refractivity contribution in [2.24, 2.45) is 10.4 Å². The number of carboxylic acid groups (broad SMARTS) is 2. The molecule has 1 unspecified atom stereocenters. The minimum absolute atomic E-state index is 0.000000000000000444. The highest BCUT2D eigenvalue weighted by Gasteiger charge is 2.41. The molecule has 0 fully saturated rings. The summed E-state index contributed by atoms with van der Waals surface area (Å²) in [6.07, 6.45) is 3.50. The highest BCUT2D eigenvalue weighted by molar-refractivity contribution is 5.90. The van der Waals surface area contributed by atoms with Gasteiger partial charge in [0.1, 0.15) is 5.41 Å². The lowest BCUT2D eigenvalue weighted by atomic mass is 9.77. The number of carbonyl (C=O) groups is 2. The maximum Gasteiger partial charge on any atom is 0.331 e. The van der Waals surface area contributed by atoms with Gasteiger partial charge in [-0.25, -0.2) is 9.59 Å². The highest BCUT2D eigenvalue weighted by atomic mass is 16.6. The Labute approximate surface area is 141 Å². The van der Waals surface area contributed by atoms with Crippen molar-refractivity contribution in [3.05, 3.63) is 63.9 Å². The Morgan fingerprint density at radius 2 is 1.84 bits per heavy atom. The molecule has 1 aromatic carbocycles. The number of para-hydroxylation sites is 1. The third-order valence-corrected chi connectivity index (χ3v) is 3.43. The predicted molar refractivity (Wildman–Crippen MR) is 85.4 cm³/mol. The Bertz CT molecular complexity index is 792. The van der Waals surface area contributed by atoms with Crippen LogP contribution in [-0.4, -0.2) is 33.2 Å². The number of rotatable bonds is 4. The van der Waals surface area contributed by atoms with Crippen LogP contribution in [-0.2, 0) is 14.4 Å². The van der Waals surface area contributed by atoms with E-state index >= 15 is 0 Å². The van der Waals surface area contributed by atoms with Crippen molar-refractivity contribution in [2.75, 3.05) is 0 Å². The molecule has 0 spiro atoms. The summed E-state index contributed by atoms with van der Waals surface area (Å²) in [5.74, 6) is -2.41. The summed E-state index contributed by atoms with van der Waals surface area (Å²) in [7, 11) is 0. The van der Waals surface area contributed by atoms with E-state index in [2.05, 4.69) is 4.99 Å². The second-order valence-corrected chi connectivity index (χ2v) is 5.16. The Kier molecular flexibility index (Phi) is 6.48. The molecule has 0 saturated heterocycles. The maximum absolute atomic E-state index is 11.1. The second-order valence-electron chi connectivity index (χ2n) is 5.16. The molecule has 0 radical (unpaired) electrons. The van der Waals surface area contributed by atoms with Crippen molar-refractivity contribution in [3.63, 3.8) is 0 Å². The zero-order chi connectivity index (χ0) is 19.0. The van der Waals surface area contributed by atoms with Crippen LogP contribution in [0.2, 0.25) is 0 Å². The van der Waals surface area contributed by atoms with Gasteiger partial charge in [0, 0.05) is 24.1 Å². The number of hydrogen-bond acceptors (Lipinski definition) is 6. The van der Waals surface area contributed by atoms with Gasteiger partial charge in [-0.2, -0.15) is 4.99 Å². The van der Waals surface area contributed by atoms with Crippen molar-refractivity contribution in [1.29, 1.82) is 0 Å². The molecule has 0 heterocycles. The zero-order valence-electron chi connectivity index (χ0n) is 13.1. The Morgan fingerprint density at radius 3 is 2.24 bits per heavy atom. The van der Waals surface area contributed by atoms with Gasteiger partial charge in [0.05, 0.1) is 10.6 Å². The van der Waals surface area contributed by atoms with E-state index in [1.54, 1.807) is 18.2 Å². The molecule has 9 nitrogen and oxygen atoms in total. The summed E-state index contributed by atoms with van der Waals surface area (Å²) >= 11 is 0. The molecule has 9 heteroatoms. The number of non-ortho nitro benzene ring substituents is 1. The van der Waals surface area contributed by atoms with E-state index in [1.165, 1.54) is 37.3 Å². The smallest absolute Gasteiger partial charge is 0.331 e. The first-order chi connectivity index (χ1) is 11.7. The fourth-order valence-corrected chi connectivity index (χ4v) is 1.99. The van der Waals surface area contributed by atoms with Crippen LogP contribution in [0, 0.1) is 15.5 Å². The summed E-state index contributed by atoms with van der Waals surface area (Å²) < 4.78 is 0. The van der Waals surface area contributed by atoms with Crippen LogP contribution < -0.4 is 0 Å². The molecule has 0 aromatic heterocycles. The summed E-state index contributed by atoms with van der Waals surface area (Å²) in [5, 5.41) is 27.8. The van der Waals surface area contributed by atoms with Crippen molar-refractivity contribution < 1.29 is 29.5 Å². The van der Waals surface area contributed by atoms with E-state index in [9.17, 15) is 24.5 Å². The van der Waals surface area contributed by atoms with E-state index < -0.39 is 22.3 Å². The molecule has 1 aromatic rings. The van der Waals surface area contributed by atoms with Gasteiger partial charge in [-0.05, 0) is 19.1 Å². The molecule has 0 saturated carbocycles. The Balaban J connectivity index is 0.000000293. The third-order valence-electron chi connectivity index (χ3n) is 3.43. The monoisotopic (exact) mass is 346 g/mol. The Hall–Kier alpha value is -3.58. The van der Waals surface area contributed by atoms with Crippen molar-refractivity contribution in [1.82, 2.24) is 0 Å². The zero-order valence-corrected chi connectivity index (χ0v) is 13.1.